The van der Waals surface area contributed by atoms with E-state index in [-0.39, 0.29) is 29.6 Å². The summed E-state index contributed by atoms with van der Waals surface area (Å²) < 4.78 is 13.2. The highest BCUT2D eigenvalue weighted by atomic mass is 19.1. The minimum Gasteiger partial charge on any atom is -0.354 e. The van der Waals surface area contributed by atoms with Gasteiger partial charge in [0.1, 0.15) is 5.82 Å². The zero-order valence-corrected chi connectivity index (χ0v) is 17.8. The van der Waals surface area contributed by atoms with Gasteiger partial charge in [-0.15, -0.1) is 0 Å². The highest BCUT2D eigenvalue weighted by Crippen LogP contribution is 2.25. The average Bonchev–Trinajstić information content (AvgIpc) is 3.34. The van der Waals surface area contributed by atoms with Crippen LogP contribution >= 0.6 is 0 Å². The lowest BCUT2D eigenvalue weighted by Gasteiger charge is -2.33. The van der Waals surface area contributed by atoms with Crippen molar-refractivity contribution in [2.24, 2.45) is 5.92 Å². The molecule has 0 bridgehead atoms. The third-order valence-corrected chi connectivity index (χ3v) is 6.41. The molecule has 2 unspecified atom stereocenters. The van der Waals surface area contributed by atoms with Gasteiger partial charge in [0.25, 0.3) is 5.91 Å². The van der Waals surface area contributed by atoms with Gasteiger partial charge in [0, 0.05) is 25.2 Å². The Kier molecular flexibility index (Phi) is 6.97. The van der Waals surface area contributed by atoms with Crippen LogP contribution in [-0.4, -0.2) is 54.3 Å². The molecule has 0 aliphatic carbocycles. The first-order valence-corrected chi connectivity index (χ1v) is 11.2. The predicted octanol–water partition coefficient (Wildman–Crippen LogP) is 3.63. The maximum atomic E-state index is 13.2. The molecule has 0 aromatic heterocycles. The van der Waals surface area contributed by atoms with E-state index >= 15 is 0 Å². The number of hydrogen-bond donors (Lipinski definition) is 1. The second kappa shape index (κ2) is 10.1. The summed E-state index contributed by atoms with van der Waals surface area (Å²) in [5.41, 5.74) is 1.68. The van der Waals surface area contributed by atoms with E-state index in [1.165, 1.54) is 42.7 Å². The standard InChI is InChI=1S/C25H30FN3O2/c26-22-12-10-20(11-13-22)25(31)29-16-6-9-21(18-29)24(30)27-17-23(28-14-4-5-15-28)19-7-2-1-3-8-19/h1-3,7-8,10-13,21,23H,4-6,9,14-18H2,(H,27,30). The maximum Gasteiger partial charge on any atom is 0.253 e. The molecule has 1 N–H and O–H groups in total. The summed E-state index contributed by atoms with van der Waals surface area (Å²) in [6, 6.07) is 16.1. The van der Waals surface area contributed by atoms with E-state index in [9.17, 15) is 14.0 Å². The smallest absolute Gasteiger partial charge is 0.253 e. The maximum absolute atomic E-state index is 13.2. The topological polar surface area (TPSA) is 52.7 Å². The second-order valence-corrected chi connectivity index (χ2v) is 8.51. The summed E-state index contributed by atoms with van der Waals surface area (Å²) in [5.74, 6) is -0.708. The van der Waals surface area contributed by atoms with Gasteiger partial charge in [0.2, 0.25) is 5.91 Å². The van der Waals surface area contributed by atoms with Gasteiger partial charge in [-0.3, -0.25) is 14.5 Å². The van der Waals surface area contributed by atoms with E-state index in [0.717, 1.165) is 25.9 Å². The van der Waals surface area contributed by atoms with Gasteiger partial charge in [0.15, 0.2) is 0 Å². The molecular formula is C25H30FN3O2. The van der Waals surface area contributed by atoms with Crippen molar-refractivity contribution in [3.63, 3.8) is 0 Å². The molecule has 5 nitrogen and oxygen atoms in total. The van der Waals surface area contributed by atoms with Crippen LogP contribution in [0.4, 0.5) is 4.39 Å². The van der Waals surface area contributed by atoms with Crippen LogP contribution in [0.25, 0.3) is 0 Å². The fraction of sp³-hybridized carbons (Fsp3) is 0.440. The van der Waals surface area contributed by atoms with Crippen LogP contribution in [0, 0.1) is 11.7 Å². The van der Waals surface area contributed by atoms with E-state index in [1.807, 2.05) is 18.2 Å². The molecule has 2 heterocycles. The van der Waals surface area contributed by atoms with Crippen molar-refractivity contribution in [1.29, 1.82) is 0 Å². The Morgan fingerprint density at radius 3 is 2.39 bits per heavy atom. The number of benzene rings is 2. The number of amides is 2. The molecular weight excluding hydrogens is 393 g/mol. The van der Waals surface area contributed by atoms with E-state index in [1.54, 1.807) is 4.90 Å². The van der Waals surface area contributed by atoms with Crippen molar-refractivity contribution in [1.82, 2.24) is 15.1 Å². The fourth-order valence-electron chi connectivity index (χ4n) is 4.68. The molecule has 6 heteroatoms. The number of likely N-dealkylation sites (tertiary alicyclic amines) is 2. The lowest BCUT2D eigenvalue weighted by atomic mass is 9.96. The number of carbonyl (C=O) groups is 2. The third-order valence-electron chi connectivity index (χ3n) is 6.41. The molecule has 2 atom stereocenters. The molecule has 2 amide bonds. The fourth-order valence-corrected chi connectivity index (χ4v) is 4.68. The lowest BCUT2D eigenvalue weighted by Crippen LogP contribution is -2.47. The lowest BCUT2D eigenvalue weighted by molar-refractivity contribution is -0.126. The number of nitrogens with zero attached hydrogens (tertiary/aromatic N) is 2. The molecule has 2 aromatic rings. The van der Waals surface area contributed by atoms with Crippen LogP contribution in [0.3, 0.4) is 0 Å². The SMILES string of the molecule is O=C(NCC(c1ccccc1)N1CCCC1)C1CCCN(C(=O)c2ccc(F)cc2)C1. The van der Waals surface area contributed by atoms with E-state index in [0.29, 0.717) is 25.2 Å². The summed E-state index contributed by atoms with van der Waals surface area (Å²) in [4.78, 5) is 29.9. The quantitative estimate of drug-likeness (QED) is 0.772. The second-order valence-electron chi connectivity index (χ2n) is 8.51. The molecule has 2 aliphatic rings. The third kappa shape index (κ3) is 5.31. The Balaban J connectivity index is 1.37. The molecule has 0 saturated carbocycles. The number of halogens is 1. The van der Waals surface area contributed by atoms with Gasteiger partial charge in [-0.1, -0.05) is 30.3 Å². The summed E-state index contributed by atoms with van der Waals surface area (Å²) in [6.07, 6.45) is 3.96. The first-order chi connectivity index (χ1) is 15.1. The Morgan fingerprint density at radius 2 is 1.68 bits per heavy atom. The molecule has 0 radical (unpaired) electrons. The summed E-state index contributed by atoms with van der Waals surface area (Å²) in [7, 11) is 0. The first-order valence-electron chi connectivity index (χ1n) is 11.2. The van der Waals surface area contributed by atoms with Crippen molar-refractivity contribution in [2.45, 2.75) is 31.7 Å². The monoisotopic (exact) mass is 423 g/mol. The predicted molar refractivity (Wildman–Crippen MR) is 118 cm³/mol. The molecule has 31 heavy (non-hydrogen) atoms. The van der Waals surface area contributed by atoms with Gasteiger partial charge in [-0.25, -0.2) is 4.39 Å². The van der Waals surface area contributed by atoms with E-state index in [2.05, 4.69) is 22.3 Å². The van der Waals surface area contributed by atoms with Crippen molar-refractivity contribution in [2.75, 3.05) is 32.7 Å². The number of nitrogens with one attached hydrogen (secondary N) is 1. The molecule has 2 aliphatic heterocycles. The zero-order chi connectivity index (χ0) is 21.6. The van der Waals surface area contributed by atoms with E-state index < -0.39 is 0 Å². The van der Waals surface area contributed by atoms with Gasteiger partial charge < -0.3 is 10.2 Å². The summed E-state index contributed by atoms with van der Waals surface area (Å²) in [6.45, 7) is 3.71. The van der Waals surface area contributed by atoms with Crippen LogP contribution in [0.2, 0.25) is 0 Å². The number of piperidine rings is 1. The Morgan fingerprint density at radius 1 is 0.968 bits per heavy atom. The van der Waals surface area contributed by atoms with Crippen molar-refractivity contribution >= 4 is 11.8 Å². The van der Waals surface area contributed by atoms with Crippen LogP contribution < -0.4 is 5.32 Å². The number of carbonyl (C=O) groups excluding carboxylic acids is 2. The first kappa shape index (κ1) is 21.5. The average molecular weight is 424 g/mol. The normalized spacial score (nSPS) is 20.4. The van der Waals surface area contributed by atoms with Gasteiger partial charge >= 0.3 is 0 Å². The minimum atomic E-state index is -0.363. The Labute approximate surface area is 183 Å². The van der Waals surface area contributed by atoms with Crippen molar-refractivity contribution in [3.05, 3.63) is 71.5 Å². The van der Waals surface area contributed by atoms with Crippen LogP contribution in [-0.2, 0) is 4.79 Å². The minimum absolute atomic E-state index is 0.0109. The van der Waals surface area contributed by atoms with Gasteiger partial charge in [-0.2, -0.15) is 0 Å². The molecule has 2 aromatic carbocycles. The summed E-state index contributed by atoms with van der Waals surface area (Å²) >= 11 is 0. The van der Waals surface area contributed by atoms with Crippen LogP contribution in [0.1, 0.15) is 47.6 Å². The van der Waals surface area contributed by atoms with E-state index in [4.69, 9.17) is 0 Å². The number of hydrogen-bond acceptors (Lipinski definition) is 3. The molecule has 4 rings (SSSR count). The zero-order valence-electron chi connectivity index (χ0n) is 17.8. The largest absolute Gasteiger partial charge is 0.354 e. The Hall–Kier alpha value is -2.73. The van der Waals surface area contributed by atoms with Crippen LogP contribution in [0.5, 0.6) is 0 Å². The van der Waals surface area contributed by atoms with Gasteiger partial charge in [0.05, 0.1) is 12.0 Å². The highest BCUT2D eigenvalue weighted by molar-refractivity contribution is 5.94. The highest BCUT2D eigenvalue weighted by Gasteiger charge is 2.30. The molecule has 2 saturated heterocycles. The number of rotatable bonds is 6. The molecule has 164 valence electrons. The summed E-state index contributed by atoms with van der Waals surface area (Å²) in [5, 5.41) is 3.17. The van der Waals surface area contributed by atoms with Crippen molar-refractivity contribution < 1.29 is 14.0 Å². The molecule has 0 spiro atoms. The van der Waals surface area contributed by atoms with Crippen LogP contribution in [0.15, 0.2) is 54.6 Å². The Bertz CT molecular complexity index is 881. The van der Waals surface area contributed by atoms with Crippen molar-refractivity contribution in [3.8, 4) is 0 Å². The van der Waals surface area contributed by atoms with Gasteiger partial charge in [-0.05, 0) is 68.6 Å². The molecule has 2 fully saturated rings.